The van der Waals surface area contributed by atoms with Crippen molar-refractivity contribution in [3.05, 3.63) is 12.2 Å². The van der Waals surface area contributed by atoms with Crippen LogP contribution in [0.25, 0.3) is 0 Å². The molecule has 82 valence electrons. The van der Waals surface area contributed by atoms with E-state index in [4.69, 9.17) is 0 Å². The van der Waals surface area contributed by atoms with Gasteiger partial charge in [-0.15, -0.1) is 0 Å². The minimum Gasteiger partial charge on any atom is -0.298 e. The van der Waals surface area contributed by atoms with Crippen LogP contribution in [-0.2, 0) is 4.79 Å². The van der Waals surface area contributed by atoms with Gasteiger partial charge in [0.15, 0.2) is 0 Å². The number of halogens is 1. The number of carbonyl (C=O) groups excluding carboxylic acids is 1. The molecule has 0 N–H and O–H groups in total. The van der Waals surface area contributed by atoms with Crippen LogP contribution in [0.1, 0.15) is 32.1 Å². The molecule has 0 heterocycles. The Hall–Kier alpha value is -0.110. The van der Waals surface area contributed by atoms with Gasteiger partial charge in [0, 0.05) is 4.32 Å². The minimum absolute atomic E-state index is 0.420. The van der Waals surface area contributed by atoms with Gasteiger partial charge in [-0.2, -0.15) is 0 Å². The average Bonchev–Trinajstić information content (AvgIpc) is 2.13. The monoisotopic (exact) mass is 268 g/mol. The first-order chi connectivity index (χ1) is 7.11. The fourth-order valence-electron chi connectivity index (χ4n) is 4.61. The van der Waals surface area contributed by atoms with Crippen LogP contribution < -0.4 is 0 Å². The fourth-order valence-corrected chi connectivity index (χ4v) is 5.90. The second-order valence-electron chi connectivity index (χ2n) is 5.84. The number of carbonyl (C=O) groups is 1. The molecule has 0 aromatic carbocycles. The summed E-state index contributed by atoms with van der Waals surface area (Å²) in [5, 5.41) is 0. The summed E-state index contributed by atoms with van der Waals surface area (Å²) < 4.78 is 0.420. The topological polar surface area (TPSA) is 17.1 Å². The first-order valence-electron chi connectivity index (χ1n) is 5.94. The smallest absolute Gasteiger partial charge is 0.145 e. The molecular formula is C13H17BrO. The maximum Gasteiger partial charge on any atom is 0.145 e. The van der Waals surface area contributed by atoms with Gasteiger partial charge in [-0.05, 0) is 61.3 Å². The summed E-state index contributed by atoms with van der Waals surface area (Å²) in [5.41, 5.74) is 0.861. The third-order valence-corrected chi connectivity index (χ3v) is 5.75. The molecule has 0 saturated heterocycles. The second-order valence-corrected chi connectivity index (χ2v) is 7.52. The second kappa shape index (κ2) is 3.19. The van der Waals surface area contributed by atoms with Crippen LogP contribution in [0.15, 0.2) is 12.2 Å². The van der Waals surface area contributed by atoms with Crippen molar-refractivity contribution in [2.75, 3.05) is 0 Å². The molecule has 2 heteroatoms. The van der Waals surface area contributed by atoms with Gasteiger partial charge in [0.2, 0.25) is 0 Å². The molecule has 15 heavy (non-hydrogen) atoms. The minimum atomic E-state index is 0.420. The Morgan fingerprint density at radius 2 is 1.87 bits per heavy atom. The summed E-state index contributed by atoms with van der Waals surface area (Å²) in [6.45, 7) is 3.96. The van der Waals surface area contributed by atoms with E-state index in [9.17, 15) is 4.79 Å². The molecule has 0 spiro atoms. The van der Waals surface area contributed by atoms with E-state index in [0.29, 0.717) is 10.2 Å². The number of alkyl halides is 1. The highest BCUT2D eigenvalue weighted by Gasteiger charge is 2.54. The highest BCUT2D eigenvalue weighted by molar-refractivity contribution is 9.10. The van der Waals surface area contributed by atoms with Crippen LogP contribution in [0, 0.1) is 23.7 Å². The molecule has 4 rings (SSSR count). The van der Waals surface area contributed by atoms with Gasteiger partial charge in [0.1, 0.15) is 6.29 Å². The number of aldehydes is 1. The van der Waals surface area contributed by atoms with Crippen LogP contribution in [0.5, 0.6) is 0 Å². The summed E-state index contributed by atoms with van der Waals surface area (Å²) >= 11 is 3.94. The fraction of sp³-hybridized carbons (Fsp3) is 0.769. The quantitative estimate of drug-likeness (QED) is 0.427. The Labute approximate surface area is 99.4 Å². The first kappa shape index (κ1) is 10.1. The Morgan fingerprint density at radius 3 is 2.33 bits per heavy atom. The van der Waals surface area contributed by atoms with E-state index in [2.05, 4.69) is 22.5 Å². The van der Waals surface area contributed by atoms with E-state index in [1.807, 2.05) is 0 Å². The highest BCUT2D eigenvalue weighted by Crippen LogP contribution is 2.62. The first-order valence-corrected chi connectivity index (χ1v) is 6.73. The summed E-state index contributed by atoms with van der Waals surface area (Å²) in [5.74, 6) is 2.88. The van der Waals surface area contributed by atoms with Crippen molar-refractivity contribution < 1.29 is 4.79 Å². The van der Waals surface area contributed by atoms with E-state index in [1.165, 1.54) is 32.1 Å². The molecule has 4 aliphatic rings. The van der Waals surface area contributed by atoms with E-state index in [1.54, 1.807) is 0 Å². The average molecular weight is 269 g/mol. The lowest BCUT2D eigenvalue weighted by atomic mass is 9.50. The molecule has 0 amide bonds. The molecule has 4 fully saturated rings. The van der Waals surface area contributed by atoms with Gasteiger partial charge in [-0.25, -0.2) is 0 Å². The van der Waals surface area contributed by atoms with Gasteiger partial charge in [0.25, 0.3) is 0 Å². The lowest BCUT2D eigenvalue weighted by molar-refractivity contribution is -0.106. The van der Waals surface area contributed by atoms with Crippen molar-refractivity contribution in [2.45, 2.75) is 36.4 Å². The van der Waals surface area contributed by atoms with Gasteiger partial charge in [-0.3, -0.25) is 4.79 Å². The Bertz CT molecular complexity index is 306. The molecule has 2 atom stereocenters. The molecule has 4 aliphatic carbocycles. The third kappa shape index (κ3) is 1.44. The SMILES string of the molecule is C=C(C=O)C1C2CC3CC1CC(Br)(C3)C2. The van der Waals surface area contributed by atoms with Crippen LogP contribution in [-0.4, -0.2) is 10.6 Å². The molecule has 0 aromatic heterocycles. The maximum absolute atomic E-state index is 10.9. The van der Waals surface area contributed by atoms with Crippen molar-refractivity contribution in [3.8, 4) is 0 Å². The van der Waals surface area contributed by atoms with Crippen LogP contribution in [0.4, 0.5) is 0 Å². The summed E-state index contributed by atoms with van der Waals surface area (Å²) in [4.78, 5) is 10.9. The van der Waals surface area contributed by atoms with E-state index >= 15 is 0 Å². The molecule has 4 saturated carbocycles. The third-order valence-electron chi connectivity index (χ3n) is 4.78. The summed E-state index contributed by atoms with van der Waals surface area (Å²) in [6.07, 6.45) is 7.55. The van der Waals surface area contributed by atoms with E-state index in [-0.39, 0.29) is 0 Å². The van der Waals surface area contributed by atoms with Gasteiger partial charge in [-0.1, -0.05) is 22.5 Å². The van der Waals surface area contributed by atoms with E-state index < -0.39 is 0 Å². The number of hydrogen-bond donors (Lipinski definition) is 0. The van der Waals surface area contributed by atoms with Crippen LogP contribution in [0.2, 0.25) is 0 Å². The van der Waals surface area contributed by atoms with E-state index in [0.717, 1.165) is 29.6 Å². The molecule has 0 radical (unpaired) electrons. The Balaban J connectivity index is 1.91. The molecule has 4 bridgehead atoms. The van der Waals surface area contributed by atoms with Gasteiger partial charge in [0.05, 0.1) is 0 Å². The molecule has 0 aliphatic heterocycles. The van der Waals surface area contributed by atoms with Crippen LogP contribution >= 0.6 is 15.9 Å². The summed E-state index contributed by atoms with van der Waals surface area (Å²) in [7, 11) is 0. The lowest BCUT2D eigenvalue weighted by Gasteiger charge is -2.58. The van der Waals surface area contributed by atoms with Crippen molar-refractivity contribution in [1.82, 2.24) is 0 Å². The normalized spacial score (nSPS) is 51.8. The number of allylic oxidation sites excluding steroid dienone is 1. The number of hydrogen-bond acceptors (Lipinski definition) is 1. The standard InChI is InChI=1S/C13H17BrO/c1-8(7-15)12-10-2-9-3-11(12)6-13(14,4-9)5-10/h7,9-12H,1-6H2. The summed E-state index contributed by atoms with van der Waals surface area (Å²) in [6, 6.07) is 0. The van der Waals surface area contributed by atoms with Crippen molar-refractivity contribution in [2.24, 2.45) is 23.7 Å². The van der Waals surface area contributed by atoms with Crippen molar-refractivity contribution >= 4 is 22.2 Å². The van der Waals surface area contributed by atoms with Gasteiger partial charge < -0.3 is 0 Å². The largest absolute Gasteiger partial charge is 0.298 e. The van der Waals surface area contributed by atoms with Crippen LogP contribution in [0.3, 0.4) is 0 Å². The predicted molar refractivity (Wildman–Crippen MR) is 63.9 cm³/mol. The molecule has 1 nitrogen and oxygen atoms in total. The molecular weight excluding hydrogens is 252 g/mol. The van der Waals surface area contributed by atoms with Crippen molar-refractivity contribution in [3.63, 3.8) is 0 Å². The highest BCUT2D eigenvalue weighted by atomic mass is 79.9. The predicted octanol–water partition coefficient (Wildman–Crippen LogP) is 3.33. The molecule has 0 aromatic rings. The number of rotatable bonds is 2. The maximum atomic E-state index is 10.9. The molecule has 2 unspecified atom stereocenters. The Kier molecular flexibility index (Phi) is 2.14. The zero-order valence-corrected chi connectivity index (χ0v) is 10.5. The zero-order chi connectivity index (χ0) is 10.6. The van der Waals surface area contributed by atoms with Crippen molar-refractivity contribution in [1.29, 1.82) is 0 Å². The zero-order valence-electron chi connectivity index (χ0n) is 8.92. The Morgan fingerprint density at radius 1 is 1.27 bits per heavy atom. The van der Waals surface area contributed by atoms with Gasteiger partial charge >= 0.3 is 0 Å². The lowest BCUT2D eigenvalue weighted by Crippen LogP contribution is -2.52.